The summed E-state index contributed by atoms with van der Waals surface area (Å²) in [7, 11) is 0. The van der Waals surface area contributed by atoms with Crippen molar-refractivity contribution in [2.24, 2.45) is 5.92 Å². The fraction of sp³-hybridized carbons (Fsp3) is 0.650. The number of nitrogens with zero attached hydrogens (tertiary/aromatic N) is 1. The van der Waals surface area contributed by atoms with Gasteiger partial charge in [0.1, 0.15) is 5.75 Å². The molecule has 134 valence electrons. The topological polar surface area (TPSA) is 41.6 Å². The number of amides is 1. The number of rotatable bonds is 8. The molecule has 1 aliphatic rings. The Hall–Kier alpha value is -1.55. The van der Waals surface area contributed by atoms with Crippen LogP contribution in [-0.2, 0) is 11.2 Å². The van der Waals surface area contributed by atoms with Crippen LogP contribution in [0, 0.1) is 5.92 Å². The maximum absolute atomic E-state index is 12.3. The molecule has 1 saturated heterocycles. The minimum atomic E-state index is 0.0989. The summed E-state index contributed by atoms with van der Waals surface area (Å²) >= 11 is 0. The lowest BCUT2D eigenvalue weighted by molar-refractivity contribution is -0.120. The molecule has 1 aliphatic heterocycles. The van der Waals surface area contributed by atoms with Crippen molar-refractivity contribution < 1.29 is 9.53 Å². The molecule has 1 atom stereocenters. The van der Waals surface area contributed by atoms with Crippen LogP contribution >= 0.6 is 0 Å². The number of hydrogen-bond donors (Lipinski definition) is 1. The number of ether oxygens (including phenoxy) is 1. The van der Waals surface area contributed by atoms with Crippen molar-refractivity contribution in [3.63, 3.8) is 0 Å². The van der Waals surface area contributed by atoms with E-state index in [1.807, 2.05) is 31.2 Å². The van der Waals surface area contributed by atoms with Crippen molar-refractivity contribution in [2.75, 3.05) is 26.2 Å². The summed E-state index contributed by atoms with van der Waals surface area (Å²) in [6, 6.07) is 8.23. The van der Waals surface area contributed by atoms with Gasteiger partial charge in [-0.1, -0.05) is 32.4 Å². The highest BCUT2D eigenvalue weighted by atomic mass is 16.5. The van der Waals surface area contributed by atoms with E-state index in [9.17, 15) is 4.79 Å². The van der Waals surface area contributed by atoms with Gasteiger partial charge in [-0.05, 0) is 56.5 Å². The van der Waals surface area contributed by atoms with Crippen LogP contribution in [0.4, 0.5) is 0 Å². The quantitative estimate of drug-likeness (QED) is 0.794. The van der Waals surface area contributed by atoms with E-state index in [2.05, 4.69) is 24.1 Å². The lowest BCUT2D eigenvalue weighted by atomic mass is 9.99. The number of carbonyl (C=O) groups is 1. The molecule has 1 fully saturated rings. The number of nitrogens with one attached hydrogen (secondary N) is 1. The zero-order valence-corrected chi connectivity index (χ0v) is 15.4. The SMILES string of the molecule is CCOc1ccc(CC(=O)NCC(C(C)C)N2CCCCC2)cc1. The molecule has 0 aliphatic carbocycles. The molecule has 1 aromatic carbocycles. The first-order valence-electron chi connectivity index (χ1n) is 9.32. The first kappa shape index (κ1) is 18.8. The van der Waals surface area contributed by atoms with Crippen LogP contribution in [0.3, 0.4) is 0 Å². The molecule has 1 heterocycles. The number of piperidine rings is 1. The van der Waals surface area contributed by atoms with Crippen LogP contribution in [0.2, 0.25) is 0 Å². The third-order valence-electron chi connectivity index (χ3n) is 4.74. The standard InChI is InChI=1S/C20H32N2O2/c1-4-24-18-10-8-17(9-11-18)14-20(23)21-15-19(16(2)3)22-12-6-5-7-13-22/h8-11,16,19H,4-7,12-15H2,1-3H3,(H,21,23). The van der Waals surface area contributed by atoms with Gasteiger partial charge in [0, 0.05) is 12.6 Å². The highest BCUT2D eigenvalue weighted by molar-refractivity contribution is 5.78. The normalized spacial score (nSPS) is 16.8. The van der Waals surface area contributed by atoms with Gasteiger partial charge in [0.25, 0.3) is 0 Å². The van der Waals surface area contributed by atoms with Crippen LogP contribution < -0.4 is 10.1 Å². The fourth-order valence-corrected chi connectivity index (χ4v) is 3.37. The van der Waals surface area contributed by atoms with E-state index in [0.29, 0.717) is 25.0 Å². The van der Waals surface area contributed by atoms with Crippen molar-refractivity contribution in [1.82, 2.24) is 10.2 Å². The van der Waals surface area contributed by atoms with Gasteiger partial charge < -0.3 is 10.1 Å². The summed E-state index contributed by atoms with van der Waals surface area (Å²) in [5.74, 6) is 1.50. The summed E-state index contributed by atoms with van der Waals surface area (Å²) in [6.45, 7) is 10.2. The van der Waals surface area contributed by atoms with Crippen LogP contribution in [0.5, 0.6) is 5.75 Å². The number of likely N-dealkylation sites (tertiary alicyclic amines) is 1. The molecule has 0 saturated carbocycles. The van der Waals surface area contributed by atoms with Crippen molar-refractivity contribution in [3.05, 3.63) is 29.8 Å². The Labute approximate surface area is 146 Å². The van der Waals surface area contributed by atoms with Crippen molar-refractivity contribution in [2.45, 2.75) is 52.5 Å². The van der Waals surface area contributed by atoms with Gasteiger partial charge in [-0.3, -0.25) is 9.69 Å². The maximum atomic E-state index is 12.3. The Balaban J connectivity index is 1.81. The average Bonchev–Trinajstić information content (AvgIpc) is 2.58. The second-order valence-corrected chi connectivity index (χ2v) is 6.97. The minimum Gasteiger partial charge on any atom is -0.494 e. The van der Waals surface area contributed by atoms with E-state index >= 15 is 0 Å². The van der Waals surface area contributed by atoms with E-state index < -0.39 is 0 Å². The molecule has 1 N–H and O–H groups in total. The van der Waals surface area contributed by atoms with Crippen LogP contribution in [-0.4, -0.2) is 43.1 Å². The molecule has 0 radical (unpaired) electrons. The molecule has 0 aromatic heterocycles. The lowest BCUT2D eigenvalue weighted by Crippen LogP contribution is -2.49. The highest BCUT2D eigenvalue weighted by Crippen LogP contribution is 2.17. The van der Waals surface area contributed by atoms with Crippen molar-refractivity contribution in [1.29, 1.82) is 0 Å². The Morgan fingerprint density at radius 3 is 2.42 bits per heavy atom. The Kier molecular flexibility index (Phi) is 7.57. The molecule has 4 nitrogen and oxygen atoms in total. The van der Waals surface area contributed by atoms with E-state index in [-0.39, 0.29) is 5.91 Å². The zero-order chi connectivity index (χ0) is 17.4. The summed E-state index contributed by atoms with van der Waals surface area (Å²) in [5, 5.41) is 3.14. The summed E-state index contributed by atoms with van der Waals surface area (Å²) < 4.78 is 5.43. The molecule has 1 amide bonds. The van der Waals surface area contributed by atoms with Gasteiger partial charge in [0.2, 0.25) is 5.91 Å². The average molecular weight is 332 g/mol. The molecule has 1 unspecified atom stereocenters. The molecule has 4 heteroatoms. The predicted octanol–water partition coefficient (Wildman–Crippen LogP) is 3.25. The molecule has 1 aromatic rings. The predicted molar refractivity (Wildman–Crippen MR) is 98.4 cm³/mol. The first-order chi connectivity index (χ1) is 11.6. The smallest absolute Gasteiger partial charge is 0.224 e. The van der Waals surface area contributed by atoms with Gasteiger partial charge >= 0.3 is 0 Å². The third-order valence-corrected chi connectivity index (χ3v) is 4.74. The van der Waals surface area contributed by atoms with Gasteiger partial charge in [0.05, 0.1) is 13.0 Å². The number of benzene rings is 1. The van der Waals surface area contributed by atoms with E-state index in [4.69, 9.17) is 4.74 Å². The van der Waals surface area contributed by atoms with E-state index in [1.54, 1.807) is 0 Å². The molecule has 0 bridgehead atoms. The van der Waals surface area contributed by atoms with E-state index in [0.717, 1.165) is 30.9 Å². The largest absolute Gasteiger partial charge is 0.494 e. The van der Waals surface area contributed by atoms with Gasteiger partial charge in [-0.15, -0.1) is 0 Å². The Morgan fingerprint density at radius 2 is 1.83 bits per heavy atom. The lowest BCUT2D eigenvalue weighted by Gasteiger charge is -2.37. The Morgan fingerprint density at radius 1 is 1.17 bits per heavy atom. The summed E-state index contributed by atoms with van der Waals surface area (Å²) in [5.41, 5.74) is 1.02. The Bertz CT molecular complexity index is 493. The second-order valence-electron chi connectivity index (χ2n) is 6.97. The summed E-state index contributed by atoms with van der Waals surface area (Å²) in [4.78, 5) is 14.8. The second kappa shape index (κ2) is 9.67. The molecular formula is C20H32N2O2. The van der Waals surface area contributed by atoms with Gasteiger partial charge in [-0.2, -0.15) is 0 Å². The first-order valence-corrected chi connectivity index (χ1v) is 9.32. The van der Waals surface area contributed by atoms with Crippen LogP contribution in [0.15, 0.2) is 24.3 Å². The minimum absolute atomic E-state index is 0.0989. The fourth-order valence-electron chi connectivity index (χ4n) is 3.37. The van der Waals surface area contributed by atoms with E-state index in [1.165, 1.54) is 19.3 Å². The van der Waals surface area contributed by atoms with Crippen molar-refractivity contribution in [3.8, 4) is 5.75 Å². The molecular weight excluding hydrogens is 300 g/mol. The monoisotopic (exact) mass is 332 g/mol. The van der Waals surface area contributed by atoms with Gasteiger partial charge in [-0.25, -0.2) is 0 Å². The van der Waals surface area contributed by atoms with Crippen LogP contribution in [0.1, 0.15) is 45.6 Å². The van der Waals surface area contributed by atoms with Crippen LogP contribution in [0.25, 0.3) is 0 Å². The molecule has 24 heavy (non-hydrogen) atoms. The molecule has 0 spiro atoms. The number of hydrogen-bond acceptors (Lipinski definition) is 3. The number of carbonyl (C=O) groups excluding carboxylic acids is 1. The molecule has 2 rings (SSSR count). The van der Waals surface area contributed by atoms with Gasteiger partial charge in [0.15, 0.2) is 0 Å². The zero-order valence-electron chi connectivity index (χ0n) is 15.4. The third kappa shape index (κ3) is 5.82. The summed E-state index contributed by atoms with van der Waals surface area (Å²) in [6.07, 6.45) is 4.33. The van der Waals surface area contributed by atoms with Crippen molar-refractivity contribution >= 4 is 5.91 Å². The maximum Gasteiger partial charge on any atom is 0.224 e. The highest BCUT2D eigenvalue weighted by Gasteiger charge is 2.23.